The molecule has 1 aliphatic rings. The van der Waals surface area contributed by atoms with E-state index in [1.807, 2.05) is 0 Å². The van der Waals surface area contributed by atoms with Crippen LogP contribution in [0.15, 0.2) is 36.5 Å². The fraction of sp³-hybridized carbons (Fsp3) is 0.385. The van der Waals surface area contributed by atoms with Gasteiger partial charge in [-0.15, -0.1) is 11.3 Å². The second-order valence-corrected chi connectivity index (χ2v) is 9.77. The third-order valence-corrected chi connectivity index (χ3v) is 7.03. The standard InChI is InChI=1S/C26H27F3N4O3S/c1-15-10-21(25-32-23(14-37-25)26(27,28)29)22(13-30-15)20-11-18(16(2)36-17(3)34)12-31-24(20)35-9-7-19-6-5-8-33(19)4/h10-14,19H,2,5-9H2,1,3-4H3. The minimum Gasteiger partial charge on any atom is -0.477 e. The Morgan fingerprint density at radius 3 is 2.65 bits per heavy atom. The molecule has 1 unspecified atom stereocenters. The van der Waals surface area contributed by atoms with E-state index in [1.54, 1.807) is 25.3 Å². The number of hydrogen-bond donors (Lipinski definition) is 0. The van der Waals surface area contributed by atoms with Gasteiger partial charge in [-0.25, -0.2) is 9.97 Å². The van der Waals surface area contributed by atoms with E-state index < -0.39 is 17.8 Å². The van der Waals surface area contributed by atoms with Crippen molar-refractivity contribution in [1.82, 2.24) is 19.9 Å². The van der Waals surface area contributed by atoms with E-state index >= 15 is 0 Å². The van der Waals surface area contributed by atoms with Gasteiger partial charge in [0.1, 0.15) is 10.8 Å². The normalized spacial score (nSPS) is 16.1. The van der Waals surface area contributed by atoms with Gasteiger partial charge >= 0.3 is 12.1 Å². The Hall–Kier alpha value is -3.31. The zero-order valence-electron chi connectivity index (χ0n) is 20.8. The van der Waals surface area contributed by atoms with Crippen molar-refractivity contribution in [2.45, 2.75) is 45.3 Å². The summed E-state index contributed by atoms with van der Waals surface area (Å²) >= 11 is 0.894. The number of aryl methyl sites for hydroxylation is 1. The molecule has 0 radical (unpaired) electrons. The highest BCUT2D eigenvalue weighted by Crippen LogP contribution is 2.40. The van der Waals surface area contributed by atoms with Crippen LogP contribution in [0.1, 0.15) is 43.1 Å². The fourth-order valence-electron chi connectivity index (χ4n) is 4.26. The summed E-state index contributed by atoms with van der Waals surface area (Å²) in [6.07, 6.45) is 1.54. The third kappa shape index (κ3) is 6.34. The molecular formula is C26H27F3N4O3S. The summed E-state index contributed by atoms with van der Waals surface area (Å²) in [4.78, 5) is 26.4. The van der Waals surface area contributed by atoms with Gasteiger partial charge in [-0.1, -0.05) is 6.58 Å². The second kappa shape index (κ2) is 11.0. The van der Waals surface area contributed by atoms with Gasteiger partial charge in [0.15, 0.2) is 5.69 Å². The maximum Gasteiger partial charge on any atom is 0.434 e. The van der Waals surface area contributed by atoms with Crippen LogP contribution in [0.5, 0.6) is 5.88 Å². The van der Waals surface area contributed by atoms with Crippen LogP contribution >= 0.6 is 11.3 Å². The smallest absolute Gasteiger partial charge is 0.434 e. The number of likely N-dealkylation sites (tertiary alicyclic amines) is 1. The molecule has 0 amide bonds. The summed E-state index contributed by atoms with van der Waals surface area (Å²) in [5.41, 5.74) is 1.52. The predicted octanol–water partition coefficient (Wildman–Crippen LogP) is 5.99. The highest BCUT2D eigenvalue weighted by Gasteiger charge is 2.34. The van der Waals surface area contributed by atoms with Crippen molar-refractivity contribution in [2.24, 2.45) is 0 Å². The molecule has 3 aromatic heterocycles. The summed E-state index contributed by atoms with van der Waals surface area (Å²) in [7, 11) is 2.09. The molecule has 0 aliphatic carbocycles. The number of carbonyl (C=O) groups excluding carboxylic acids is 1. The van der Waals surface area contributed by atoms with Gasteiger partial charge in [0.05, 0.1) is 6.61 Å². The average molecular weight is 533 g/mol. The number of pyridine rings is 2. The van der Waals surface area contributed by atoms with Crippen LogP contribution in [0.3, 0.4) is 0 Å². The molecule has 4 rings (SSSR count). The number of thiazole rings is 1. The van der Waals surface area contributed by atoms with Crippen molar-refractivity contribution in [2.75, 3.05) is 20.2 Å². The third-order valence-electron chi connectivity index (χ3n) is 6.16. The van der Waals surface area contributed by atoms with E-state index in [9.17, 15) is 18.0 Å². The van der Waals surface area contributed by atoms with E-state index in [-0.39, 0.29) is 10.8 Å². The maximum absolute atomic E-state index is 13.3. The lowest BCUT2D eigenvalue weighted by Crippen LogP contribution is -2.26. The first-order valence-electron chi connectivity index (χ1n) is 11.7. The Morgan fingerprint density at radius 1 is 1.22 bits per heavy atom. The number of nitrogens with zero attached hydrogens (tertiary/aromatic N) is 4. The molecule has 0 aromatic carbocycles. The number of halogens is 3. The lowest BCUT2D eigenvalue weighted by atomic mass is 10.0. The van der Waals surface area contributed by atoms with E-state index in [0.29, 0.717) is 46.5 Å². The van der Waals surface area contributed by atoms with Gasteiger partial charge < -0.3 is 14.4 Å². The highest BCUT2D eigenvalue weighted by molar-refractivity contribution is 7.13. The first kappa shape index (κ1) is 26.7. The van der Waals surface area contributed by atoms with Crippen LogP contribution in [-0.2, 0) is 15.7 Å². The zero-order valence-corrected chi connectivity index (χ0v) is 21.6. The number of aromatic nitrogens is 3. The minimum absolute atomic E-state index is 0.0932. The van der Waals surface area contributed by atoms with E-state index in [0.717, 1.165) is 42.5 Å². The molecular weight excluding hydrogens is 505 g/mol. The number of hydrogen-bond acceptors (Lipinski definition) is 8. The van der Waals surface area contributed by atoms with Crippen molar-refractivity contribution in [3.8, 4) is 27.6 Å². The quantitative estimate of drug-likeness (QED) is 0.260. The van der Waals surface area contributed by atoms with E-state index in [2.05, 4.69) is 33.5 Å². The van der Waals surface area contributed by atoms with Crippen LogP contribution in [0, 0.1) is 6.92 Å². The molecule has 4 heterocycles. The number of alkyl halides is 3. The molecule has 0 bridgehead atoms. The zero-order chi connectivity index (χ0) is 26.7. The maximum atomic E-state index is 13.3. The summed E-state index contributed by atoms with van der Waals surface area (Å²) in [6.45, 7) is 8.26. The van der Waals surface area contributed by atoms with Crippen molar-refractivity contribution < 1.29 is 27.4 Å². The number of esters is 1. The Labute approximate surface area is 217 Å². The molecule has 196 valence electrons. The molecule has 3 aromatic rings. The Bertz CT molecular complexity index is 1310. The SMILES string of the molecule is C=C(OC(C)=O)c1cnc(OCCC2CCCN2C)c(-c2cnc(C)cc2-c2nc(C(F)(F)F)cs2)c1. The predicted molar refractivity (Wildman–Crippen MR) is 135 cm³/mol. The second-order valence-electron chi connectivity index (χ2n) is 8.91. The molecule has 1 aliphatic heterocycles. The van der Waals surface area contributed by atoms with Crippen LogP contribution in [0.25, 0.3) is 27.5 Å². The summed E-state index contributed by atoms with van der Waals surface area (Å²) in [5, 5.41) is 1.18. The minimum atomic E-state index is -4.55. The van der Waals surface area contributed by atoms with Gasteiger partial charge in [-0.2, -0.15) is 13.2 Å². The molecule has 1 fully saturated rings. The summed E-state index contributed by atoms with van der Waals surface area (Å²) < 4.78 is 51.0. The first-order chi connectivity index (χ1) is 17.5. The molecule has 0 N–H and O–H groups in total. The molecule has 0 spiro atoms. The Kier molecular flexibility index (Phi) is 7.93. The molecule has 7 nitrogen and oxygen atoms in total. The topological polar surface area (TPSA) is 77.4 Å². The van der Waals surface area contributed by atoms with Crippen molar-refractivity contribution >= 4 is 23.1 Å². The largest absolute Gasteiger partial charge is 0.477 e. The lowest BCUT2D eigenvalue weighted by molar-refractivity contribution is -0.140. The van der Waals surface area contributed by atoms with Crippen molar-refractivity contribution in [1.29, 1.82) is 0 Å². The number of ether oxygens (including phenoxy) is 2. The van der Waals surface area contributed by atoms with Crippen LogP contribution in [0.4, 0.5) is 13.2 Å². The van der Waals surface area contributed by atoms with Crippen LogP contribution in [0.2, 0.25) is 0 Å². The van der Waals surface area contributed by atoms with Gasteiger partial charge in [-0.05, 0) is 51.9 Å². The monoisotopic (exact) mass is 532 g/mol. The summed E-state index contributed by atoms with van der Waals surface area (Å²) in [5.74, 6) is -0.150. The lowest BCUT2D eigenvalue weighted by Gasteiger charge is -2.20. The van der Waals surface area contributed by atoms with E-state index in [4.69, 9.17) is 9.47 Å². The molecule has 1 atom stereocenters. The average Bonchev–Trinajstić information content (AvgIpc) is 3.48. The van der Waals surface area contributed by atoms with E-state index in [1.165, 1.54) is 13.1 Å². The first-order valence-corrected chi connectivity index (χ1v) is 12.6. The van der Waals surface area contributed by atoms with Crippen molar-refractivity contribution in [3.63, 3.8) is 0 Å². The molecule has 0 saturated carbocycles. The Balaban J connectivity index is 1.75. The highest BCUT2D eigenvalue weighted by atomic mass is 32.1. The Morgan fingerprint density at radius 2 is 2.00 bits per heavy atom. The number of rotatable bonds is 8. The van der Waals surface area contributed by atoms with Gasteiger partial charge in [-0.3, -0.25) is 9.78 Å². The van der Waals surface area contributed by atoms with Crippen molar-refractivity contribution in [3.05, 3.63) is 53.4 Å². The molecule has 11 heteroatoms. The molecule has 1 saturated heterocycles. The fourth-order valence-corrected chi connectivity index (χ4v) is 5.12. The number of carbonyl (C=O) groups is 1. The van der Waals surface area contributed by atoms with Crippen LogP contribution < -0.4 is 4.74 Å². The van der Waals surface area contributed by atoms with Crippen LogP contribution in [-0.4, -0.2) is 52.1 Å². The van der Waals surface area contributed by atoms with Gasteiger partial charge in [0.25, 0.3) is 0 Å². The van der Waals surface area contributed by atoms with Gasteiger partial charge in [0, 0.05) is 58.7 Å². The van der Waals surface area contributed by atoms with Gasteiger partial charge in [0.2, 0.25) is 5.88 Å². The summed E-state index contributed by atoms with van der Waals surface area (Å²) in [6, 6.07) is 3.78. The molecule has 37 heavy (non-hydrogen) atoms.